The van der Waals surface area contributed by atoms with Crippen LogP contribution in [0.4, 0.5) is 11.4 Å². The zero-order valence-corrected chi connectivity index (χ0v) is 10.3. The molecule has 0 bridgehead atoms. The Balaban J connectivity index is 2.22. The van der Waals surface area contributed by atoms with Gasteiger partial charge in [0.2, 0.25) is 0 Å². The van der Waals surface area contributed by atoms with Crippen molar-refractivity contribution in [1.82, 2.24) is 9.97 Å². The summed E-state index contributed by atoms with van der Waals surface area (Å²) in [5.74, 6) is -0.266. The van der Waals surface area contributed by atoms with E-state index < -0.39 is 0 Å². The SMILES string of the molecule is CN(C)c1ccccc1NC(=O)c1cnccn1. The molecule has 0 fully saturated rings. The number of carbonyl (C=O) groups excluding carboxylic acids is 1. The number of aromatic nitrogens is 2. The first-order valence-corrected chi connectivity index (χ1v) is 5.52. The van der Waals surface area contributed by atoms with E-state index in [1.165, 1.54) is 18.6 Å². The maximum absolute atomic E-state index is 12.0. The lowest BCUT2D eigenvalue weighted by Crippen LogP contribution is -2.17. The van der Waals surface area contributed by atoms with Crippen LogP contribution in [-0.4, -0.2) is 30.0 Å². The number of hydrogen-bond acceptors (Lipinski definition) is 4. The number of anilines is 2. The molecule has 1 heterocycles. The van der Waals surface area contributed by atoms with Crippen molar-refractivity contribution in [2.24, 2.45) is 0 Å². The van der Waals surface area contributed by atoms with E-state index in [1.54, 1.807) is 0 Å². The Labute approximate surface area is 105 Å². The standard InChI is InChI=1S/C13H14N4O/c1-17(2)12-6-4-3-5-10(12)16-13(18)11-9-14-7-8-15-11/h3-9H,1-2H3,(H,16,18). The fourth-order valence-electron chi connectivity index (χ4n) is 1.57. The van der Waals surface area contributed by atoms with Crippen LogP contribution in [0.25, 0.3) is 0 Å². The number of benzene rings is 1. The smallest absolute Gasteiger partial charge is 0.275 e. The lowest BCUT2D eigenvalue weighted by Gasteiger charge is -2.17. The number of rotatable bonds is 3. The second kappa shape index (κ2) is 5.27. The van der Waals surface area contributed by atoms with E-state index in [0.29, 0.717) is 5.69 Å². The average Bonchev–Trinajstić information content (AvgIpc) is 2.40. The van der Waals surface area contributed by atoms with Crippen molar-refractivity contribution in [3.05, 3.63) is 48.5 Å². The number of nitrogens with one attached hydrogen (secondary N) is 1. The van der Waals surface area contributed by atoms with Crippen LogP contribution in [-0.2, 0) is 0 Å². The molecule has 1 aromatic heterocycles. The molecule has 0 saturated heterocycles. The Morgan fingerprint density at radius 2 is 2.00 bits per heavy atom. The molecule has 0 aliphatic heterocycles. The molecule has 0 atom stereocenters. The van der Waals surface area contributed by atoms with Crippen LogP contribution in [0.15, 0.2) is 42.9 Å². The van der Waals surface area contributed by atoms with E-state index in [2.05, 4.69) is 15.3 Å². The van der Waals surface area contributed by atoms with Gasteiger partial charge in [0.25, 0.3) is 5.91 Å². The summed E-state index contributed by atoms with van der Waals surface area (Å²) < 4.78 is 0. The van der Waals surface area contributed by atoms with Gasteiger partial charge in [-0.05, 0) is 12.1 Å². The zero-order valence-electron chi connectivity index (χ0n) is 10.3. The second-order valence-electron chi connectivity index (χ2n) is 3.96. The van der Waals surface area contributed by atoms with Gasteiger partial charge in [-0.25, -0.2) is 4.98 Å². The van der Waals surface area contributed by atoms with Gasteiger partial charge in [-0.3, -0.25) is 9.78 Å². The first kappa shape index (κ1) is 12.0. The van der Waals surface area contributed by atoms with Crippen molar-refractivity contribution in [2.75, 3.05) is 24.3 Å². The Bertz CT molecular complexity index is 540. The van der Waals surface area contributed by atoms with Crippen LogP contribution < -0.4 is 10.2 Å². The van der Waals surface area contributed by atoms with Gasteiger partial charge in [0.1, 0.15) is 5.69 Å². The minimum Gasteiger partial charge on any atom is -0.376 e. The van der Waals surface area contributed by atoms with Crippen molar-refractivity contribution < 1.29 is 4.79 Å². The third kappa shape index (κ3) is 2.63. The summed E-state index contributed by atoms with van der Waals surface area (Å²) in [5.41, 5.74) is 1.99. The fraction of sp³-hybridized carbons (Fsp3) is 0.154. The predicted molar refractivity (Wildman–Crippen MR) is 70.8 cm³/mol. The molecule has 1 aromatic carbocycles. The minimum atomic E-state index is -0.266. The molecule has 2 rings (SSSR count). The fourth-order valence-corrected chi connectivity index (χ4v) is 1.57. The first-order valence-electron chi connectivity index (χ1n) is 5.52. The molecule has 0 aliphatic rings. The minimum absolute atomic E-state index is 0.266. The largest absolute Gasteiger partial charge is 0.376 e. The van der Waals surface area contributed by atoms with Gasteiger partial charge in [-0.1, -0.05) is 12.1 Å². The highest BCUT2D eigenvalue weighted by Crippen LogP contribution is 2.23. The third-order valence-corrected chi connectivity index (χ3v) is 2.43. The van der Waals surface area contributed by atoms with Crippen molar-refractivity contribution in [3.63, 3.8) is 0 Å². The summed E-state index contributed by atoms with van der Waals surface area (Å²) in [4.78, 5) is 21.7. The van der Waals surface area contributed by atoms with Gasteiger partial charge in [0.15, 0.2) is 0 Å². The summed E-state index contributed by atoms with van der Waals surface area (Å²) in [7, 11) is 3.85. The molecule has 2 aromatic rings. The predicted octanol–water partition coefficient (Wildman–Crippen LogP) is 1.79. The summed E-state index contributed by atoms with van der Waals surface area (Å²) >= 11 is 0. The van der Waals surface area contributed by atoms with Crippen molar-refractivity contribution in [2.45, 2.75) is 0 Å². The second-order valence-corrected chi connectivity index (χ2v) is 3.96. The Hall–Kier alpha value is -2.43. The van der Waals surface area contributed by atoms with Gasteiger partial charge in [-0.15, -0.1) is 0 Å². The molecule has 1 amide bonds. The lowest BCUT2D eigenvalue weighted by molar-refractivity contribution is 0.102. The van der Waals surface area contributed by atoms with Gasteiger partial charge in [0.05, 0.1) is 17.6 Å². The Kier molecular flexibility index (Phi) is 3.52. The molecule has 0 aliphatic carbocycles. The molecule has 5 nitrogen and oxygen atoms in total. The van der Waals surface area contributed by atoms with Gasteiger partial charge in [-0.2, -0.15) is 0 Å². The third-order valence-electron chi connectivity index (χ3n) is 2.43. The van der Waals surface area contributed by atoms with Crippen LogP contribution in [0.2, 0.25) is 0 Å². The van der Waals surface area contributed by atoms with Crippen molar-refractivity contribution in [1.29, 1.82) is 0 Å². The van der Waals surface area contributed by atoms with Crippen molar-refractivity contribution >= 4 is 17.3 Å². The summed E-state index contributed by atoms with van der Waals surface area (Å²) in [6, 6.07) is 7.59. The van der Waals surface area contributed by atoms with E-state index in [9.17, 15) is 4.79 Å². The van der Waals surface area contributed by atoms with Crippen LogP contribution in [0.3, 0.4) is 0 Å². The van der Waals surface area contributed by atoms with Crippen molar-refractivity contribution in [3.8, 4) is 0 Å². The van der Waals surface area contributed by atoms with Crippen LogP contribution in [0.1, 0.15) is 10.5 Å². The normalized spacial score (nSPS) is 9.89. The Morgan fingerprint density at radius 3 is 2.67 bits per heavy atom. The van der Waals surface area contributed by atoms with Gasteiger partial charge >= 0.3 is 0 Å². The van der Waals surface area contributed by atoms with E-state index >= 15 is 0 Å². The van der Waals surface area contributed by atoms with E-state index in [0.717, 1.165) is 11.4 Å². The highest BCUT2D eigenvalue weighted by molar-refractivity contribution is 6.04. The highest BCUT2D eigenvalue weighted by Gasteiger charge is 2.10. The molecule has 1 N–H and O–H groups in total. The summed E-state index contributed by atoms with van der Waals surface area (Å²) in [5, 5.41) is 2.83. The molecule has 92 valence electrons. The molecule has 0 saturated carbocycles. The quantitative estimate of drug-likeness (QED) is 0.891. The van der Waals surface area contributed by atoms with Gasteiger partial charge in [0, 0.05) is 26.5 Å². The maximum atomic E-state index is 12.0. The average molecular weight is 242 g/mol. The Morgan fingerprint density at radius 1 is 1.22 bits per heavy atom. The number of nitrogens with zero attached hydrogens (tertiary/aromatic N) is 3. The first-order chi connectivity index (χ1) is 8.68. The number of para-hydroxylation sites is 2. The molecular weight excluding hydrogens is 228 g/mol. The summed E-state index contributed by atoms with van der Waals surface area (Å²) in [6.07, 6.45) is 4.46. The van der Waals surface area contributed by atoms with Gasteiger partial charge < -0.3 is 10.2 Å². The topological polar surface area (TPSA) is 58.1 Å². The monoisotopic (exact) mass is 242 g/mol. The molecule has 5 heteroatoms. The van der Waals surface area contributed by atoms with E-state index in [-0.39, 0.29) is 5.91 Å². The van der Waals surface area contributed by atoms with E-state index in [4.69, 9.17) is 0 Å². The molecule has 0 spiro atoms. The highest BCUT2D eigenvalue weighted by atomic mass is 16.1. The molecular formula is C13H14N4O. The number of hydrogen-bond donors (Lipinski definition) is 1. The maximum Gasteiger partial charge on any atom is 0.275 e. The van der Waals surface area contributed by atoms with Crippen LogP contribution >= 0.6 is 0 Å². The number of amides is 1. The zero-order chi connectivity index (χ0) is 13.0. The van der Waals surface area contributed by atoms with Crippen LogP contribution in [0.5, 0.6) is 0 Å². The lowest BCUT2D eigenvalue weighted by atomic mass is 10.2. The van der Waals surface area contributed by atoms with Crippen LogP contribution in [0, 0.1) is 0 Å². The summed E-state index contributed by atoms with van der Waals surface area (Å²) in [6.45, 7) is 0. The van der Waals surface area contributed by atoms with E-state index in [1.807, 2.05) is 43.3 Å². The molecule has 0 radical (unpaired) electrons. The molecule has 0 unspecified atom stereocenters. The number of carbonyl (C=O) groups is 1. The molecule has 18 heavy (non-hydrogen) atoms.